The Morgan fingerprint density at radius 1 is 1.60 bits per heavy atom. The van der Waals surface area contributed by atoms with Crippen LogP contribution in [0.25, 0.3) is 0 Å². The van der Waals surface area contributed by atoms with Crippen molar-refractivity contribution in [2.75, 3.05) is 6.54 Å². The lowest BCUT2D eigenvalue weighted by Crippen LogP contribution is -2.32. The third kappa shape index (κ3) is 0.897. The average Bonchev–Trinajstić information content (AvgIpc) is 2.05. The van der Waals surface area contributed by atoms with Crippen molar-refractivity contribution in [3.05, 3.63) is 24.0 Å². The minimum atomic E-state index is 0.492. The first kappa shape index (κ1) is 5.83. The number of fused-ring (bicyclic) bond motifs is 1. The van der Waals surface area contributed by atoms with E-state index in [0.717, 1.165) is 19.4 Å². The van der Waals surface area contributed by atoms with Crippen LogP contribution < -0.4 is 10.6 Å². The van der Waals surface area contributed by atoms with Gasteiger partial charge in [0.15, 0.2) is 0 Å². The molecule has 0 spiro atoms. The Morgan fingerprint density at radius 2 is 2.60 bits per heavy atom. The Kier molecular flexibility index (Phi) is 1.38. The Morgan fingerprint density at radius 3 is 3.50 bits per heavy atom. The van der Waals surface area contributed by atoms with Gasteiger partial charge in [0.05, 0.1) is 6.04 Å². The highest BCUT2D eigenvalue weighted by atomic mass is 14.9. The van der Waals surface area contributed by atoms with Gasteiger partial charge in [0.1, 0.15) is 0 Å². The number of hydrogen-bond donors (Lipinski definition) is 1. The van der Waals surface area contributed by atoms with Crippen molar-refractivity contribution >= 4 is 0 Å². The molecule has 1 N–H and O–H groups in total. The third-order valence-corrected chi connectivity index (χ3v) is 2.00. The van der Waals surface area contributed by atoms with Gasteiger partial charge < -0.3 is 5.32 Å². The van der Waals surface area contributed by atoms with Gasteiger partial charge in [-0.3, -0.25) is 5.32 Å². The monoisotopic (exact) mass is 135 g/mol. The predicted molar refractivity (Wildman–Crippen MR) is 40.4 cm³/mol. The van der Waals surface area contributed by atoms with Crippen molar-refractivity contribution in [1.82, 2.24) is 10.6 Å². The SMILES string of the molecule is C1=C[N]C2CCNC=C2C1. The quantitative estimate of drug-likeness (QED) is 0.521. The average molecular weight is 135 g/mol. The fourth-order valence-corrected chi connectivity index (χ4v) is 1.42. The summed E-state index contributed by atoms with van der Waals surface area (Å²) in [6, 6.07) is 0.492. The van der Waals surface area contributed by atoms with Crippen molar-refractivity contribution < 1.29 is 0 Å². The topological polar surface area (TPSA) is 26.1 Å². The van der Waals surface area contributed by atoms with Gasteiger partial charge in [-0.25, -0.2) is 0 Å². The van der Waals surface area contributed by atoms with Gasteiger partial charge in [0.25, 0.3) is 0 Å². The maximum absolute atomic E-state index is 4.36. The Labute approximate surface area is 61.0 Å². The molecule has 2 heteroatoms. The predicted octanol–water partition coefficient (Wildman–Crippen LogP) is 0.754. The molecule has 2 heterocycles. The van der Waals surface area contributed by atoms with Crippen LogP contribution in [-0.2, 0) is 0 Å². The molecule has 0 bridgehead atoms. The van der Waals surface area contributed by atoms with Crippen LogP contribution in [0, 0.1) is 0 Å². The lowest BCUT2D eigenvalue weighted by Gasteiger charge is -2.25. The van der Waals surface area contributed by atoms with E-state index in [-0.39, 0.29) is 0 Å². The third-order valence-electron chi connectivity index (χ3n) is 2.00. The van der Waals surface area contributed by atoms with Crippen LogP contribution in [0.4, 0.5) is 0 Å². The second-order valence-electron chi connectivity index (χ2n) is 2.72. The van der Waals surface area contributed by atoms with E-state index < -0.39 is 0 Å². The second kappa shape index (κ2) is 2.37. The van der Waals surface area contributed by atoms with Crippen LogP contribution in [0.5, 0.6) is 0 Å². The van der Waals surface area contributed by atoms with Crippen molar-refractivity contribution in [2.45, 2.75) is 18.9 Å². The summed E-state index contributed by atoms with van der Waals surface area (Å²) < 4.78 is 0. The maximum atomic E-state index is 4.36. The van der Waals surface area contributed by atoms with Crippen LogP contribution in [-0.4, -0.2) is 12.6 Å². The molecular formula is C8H11N2. The number of hydrogen-bond acceptors (Lipinski definition) is 1. The molecule has 1 atom stereocenters. The van der Waals surface area contributed by atoms with Crippen LogP contribution in [0.15, 0.2) is 24.0 Å². The molecule has 1 unspecified atom stereocenters. The van der Waals surface area contributed by atoms with Crippen molar-refractivity contribution in [1.29, 1.82) is 0 Å². The highest BCUT2D eigenvalue weighted by Gasteiger charge is 2.18. The Bertz CT molecular complexity index is 182. The van der Waals surface area contributed by atoms with Crippen LogP contribution in [0.3, 0.4) is 0 Å². The second-order valence-corrected chi connectivity index (χ2v) is 2.72. The molecule has 0 aliphatic carbocycles. The summed E-state index contributed by atoms with van der Waals surface area (Å²) in [5.41, 5.74) is 1.44. The molecule has 53 valence electrons. The minimum absolute atomic E-state index is 0.492. The molecule has 0 saturated heterocycles. The maximum Gasteiger partial charge on any atom is 0.0745 e. The van der Waals surface area contributed by atoms with E-state index in [0.29, 0.717) is 6.04 Å². The molecule has 1 radical (unpaired) electrons. The number of allylic oxidation sites excluding steroid dienone is 1. The summed E-state index contributed by atoms with van der Waals surface area (Å²) in [5.74, 6) is 0. The van der Waals surface area contributed by atoms with Crippen LogP contribution in [0.1, 0.15) is 12.8 Å². The minimum Gasteiger partial charge on any atom is -0.391 e. The van der Waals surface area contributed by atoms with E-state index in [2.05, 4.69) is 22.9 Å². The first-order valence-electron chi connectivity index (χ1n) is 3.74. The zero-order valence-corrected chi connectivity index (χ0v) is 5.88. The summed E-state index contributed by atoms with van der Waals surface area (Å²) in [7, 11) is 0. The van der Waals surface area contributed by atoms with Crippen LogP contribution >= 0.6 is 0 Å². The van der Waals surface area contributed by atoms with E-state index in [9.17, 15) is 0 Å². The summed E-state index contributed by atoms with van der Waals surface area (Å²) >= 11 is 0. The normalized spacial score (nSPS) is 29.6. The lowest BCUT2D eigenvalue weighted by atomic mass is 9.97. The molecule has 2 rings (SSSR count). The molecule has 2 aliphatic heterocycles. The van der Waals surface area contributed by atoms with Gasteiger partial charge in [-0.05, 0) is 24.6 Å². The van der Waals surface area contributed by atoms with E-state index >= 15 is 0 Å². The summed E-state index contributed by atoms with van der Waals surface area (Å²) in [5, 5.41) is 7.59. The summed E-state index contributed by atoms with van der Waals surface area (Å²) in [6.45, 7) is 1.07. The number of nitrogens with zero attached hydrogens (tertiary/aromatic N) is 1. The van der Waals surface area contributed by atoms with Crippen molar-refractivity contribution in [3.8, 4) is 0 Å². The van der Waals surface area contributed by atoms with E-state index in [1.165, 1.54) is 5.57 Å². The molecule has 0 fully saturated rings. The highest BCUT2D eigenvalue weighted by molar-refractivity contribution is 5.20. The van der Waals surface area contributed by atoms with E-state index in [4.69, 9.17) is 0 Å². The molecule has 0 amide bonds. The molecule has 10 heavy (non-hydrogen) atoms. The van der Waals surface area contributed by atoms with Gasteiger partial charge in [-0.15, -0.1) is 0 Å². The van der Waals surface area contributed by atoms with E-state index in [1.54, 1.807) is 0 Å². The summed E-state index contributed by atoms with van der Waals surface area (Å²) in [6.07, 6.45) is 8.40. The molecule has 2 aliphatic rings. The zero-order chi connectivity index (χ0) is 6.81. The fraction of sp³-hybridized carbons (Fsp3) is 0.500. The van der Waals surface area contributed by atoms with Crippen molar-refractivity contribution in [3.63, 3.8) is 0 Å². The molecular weight excluding hydrogens is 124 g/mol. The molecule has 0 saturated carbocycles. The number of nitrogens with one attached hydrogen (secondary N) is 1. The van der Waals surface area contributed by atoms with Gasteiger partial charge in [-0.2, -0.15) is 0 Å². The first-order chi connectivity index (χ1) is 4.97. The highest BCUT2D eigenvalue weighted by Crippen LogP contribution is 2.18. The van der Waals surface area contributed by atoms with Gasteiger partial charge in [0, 0.05) is 12.7 Å². The zero-order valence-electron chi connectivity index (χ0n) is 5.88. The van der Waals surface area contributed by atoms with Crippen LogP contribution in [0.2, 0.25) is 0 Å². The standard InChI is InChI=1S/C8H11N2/c1-2-7-6-9-5-3-8(7)10-4-1/h1,4,6,8-9H,2-3,5H2. The van der Waals surface area contributed by atoms with Gasteiger partial charge in [-0.1, -0.05) is 6.08 Å². The van der Waals surface area contributed by atoms with Gasteiger partial charge in [0.2, 0.25) is 0 Å². The Balaban J connectivity index is 2.17. The number of rotatable bonds is 0. The smallest absolute Gasteiger partial charge is 0.0745 e. The first-order valence-corrected chi connectivity index (χ1v) is 3.74. The molecule has 2 nitrogen and oxygen atoms in total. The molecule has 0 aromatic rings. The van der Waals surface area contributed by atoms with E-state index in [1.807, 2.05) is 6.20 Å². The van der Waals surface area contributed by atoms with Gasteiger partial charge >= 0.3 is 0 Å². The van der Waals surface area contributed by atoms with Crippen molar-refractivity contribution in [2.24, 2.45) is 0 Å². The fourth-order valence-electron chi connectivity index (χ4n) is 1.42. The largest absolute Gasteiger partial charge is 0.391 e. The summed E-state index contributed by atoms with van der Waals surface area (Å²) in [4.78, 5) is 0. The lowest BCUT2D eigenvalue weighted by molar-refractivity contribution is 0.533. The molecule has 0 aromatic carbocycles. The Hall–Kier alpha value is -0.920. The molecule has 0 aromatic heterocycles.